The van der Waals surface area contributed by atoms with Crippen LogP contribution < -0.4 is 5.32 Å². The minimum atomic E-state index is -3.52. The van der Waals surface area contributed by atoms with Crippen LogP contribution in [0.1, 0.15) is 25.3 Å². The van der Waals surface area contributed by atoms with Gasteiger partial charge in [-0.25, -0.2) is 12.8 Å². The van der Waals surface area contributed by atoms with E-state index in [4.69, 9.17) is 0 Å². The monoisotopic (exact) mass is 390 g/mol. The number of rotatable bonds is 5. The van der Waals surface area contributed by atoms with E-state index >= 15 is 0 Å². The van der Waals surface area contributed by atoms with Gasteiger partial charge in [-0.2, -0.15) is 4.31 Å². The highest BCUT2D eigenvalue weighted by molar-refractivity contribution is 7.89. The second-order valence-corrected chi connectivity index (χ2v) is 8.89. The molecule has 1 heterocycles. The van der Waals surface area contributed by atoms with Gasteiger partial charge in [0, 0.05) is 18.8 Å². The molecule has 1 aliphatic rings. The predicted octanol–water partition coefficient (Wildman–Crippen LogP) is 3.43. The van der Waals surface area contributed by atoms with Crippen LogP contribution in [0.25, 0.3) is 0 Å². The van der Waals surface area contributed by atoms with Crippen molar-refractivity contribution in [2.75, 3.05) is 18.4 Å². The Hall–Kier alpha value is -2.25. The Kier molecular flexibility index (Phi) is 5.92. The molecule has 3 rings (SSSR count). The third-order valence-corrected chi connectivity index (χ3v) is 6.58. The maximum atomic E-state index is 13.6. The molecule has 0 radical (unpaired) electrons. The molecule has 0 bridgehead atoms. The Morgan fingerprint density at radius 2 is 1.89 bits per heavy atom. The van der Waals surface area contributed by atoms with Gasteiger partial charge in [0.15, 0.2) is 0 Å². The number of carbonyl (C=O) groups excluding carboxylic acids is 1. The highest BCUT2D eigenvalue weighted by Gasteiger charge is 2.28. The van der Waals surface area contributed by atoms with Gasteiger partial charge in [-0.3, -0.25) is 4.79 Å². The molecule has 1 aliphatic heterocycles. The van der Waals surface area contributed by atoms with Crippen LogP contribution in [0.2, 0.25) is 0 Å². The van der Waals surface area contributed by atoms with Crippen LogP contribution in [-0.4, -0.2) is 31.7 Å². The molecular formula is C20H23FN2O3S. The van der Waals surface area contributed by atoms with Gasteiger partial charge in [-0.05, 0) is 54.7 Å². The molecule has 2 aromatic rings. The van der Waals surface area contributed by atoms with Crippen molar-refractivity contribution in [1.29, 1.82) is 0 Å². The summed E-state index contributed by atoms with van der Waals surface area (Å²) in [6.07, 6.45) is 1.82. The number of nitrogens with one attached hydrogen (secondary N) is 1. The van der Waals surface area contributed by atoms with Crippen LogP contribution in [-0.2, 0) is 21.2 Å². The predicted molar refractivity (Wildman–Crippen MR) is 102 cm³/mol. The fraction of sp³-hybridized carbons (Fsp3) is 0.350. The zero-order valence-corrected chi connectivity index (χ0v) is 16.0. The SMILES string of the molecule is C[C@@H]1CCCN(S(=O)(=O)c2ccc(NC(=O)Cc3ccccc3F)cc2)C1. The molecule has 0 aromatic heterocycles. The fourth-order valence-electron chi connectivity index (χ4n) is 3.24. The Bertz CT molecular complexity index is 913. The molecule has 7 heteroatoms. The maximum Gasteiger partial charge on any atom is 0.243 e. The number of carbonyl (C=O) groups is 1. The summed E-state index contributed by atoms with van der Waals surface area (Å²) in [6, 6.07) is 12.2. The summed E-state index contributed by atoms with van der Waals surface area (Å²) in [4.78, 5) is 12.3. The maximum absolute atomic E-state index is 13.6. The first-order chi connectivity index (χ1) is 12.9. The zero-order chi connectivity index (χ0) is 19.4. The van der Waals surface area contributed by atoms with Crippen LogP contribution in [0.4, 0.5) is 10.1 Å². The summed E-state index contributed by atoms with van der Waals surface area (Å²) < 4.78 is 40.6. The van der Waals surface area contributed by atoms with E-state index in [1.165, 1.54) is 22.5 Å². The molecule has 0 unspecified atom stereocenters. The van der Waals surface area contributed by atoms with E-state index in [2.05, 4.69) is 12.2 Å². The standard InChI is InChI=1S/C20H23FN2O3S/c1-15-5-4-12-23(14-15)27(25,26)18-10-8-17(9-11-18)22-20(24)13-16-6-2-3-7-19(16)21/h2-3,6-11,15H,4-5,12-14H2,1H3,(H,22,24)/t15-/m1/s1. The highest BCUT2D eigenvalue weighted by atomic mass is 32.2. The number of benzene rings is 2. The normalized spacial score (nSPS) is 18.2. The topological polar surface area (TPSA) is 66.5 Å². The second kappa shape index (κ2) is 8.19. The van der Waals surface area contributed by atoms with Gasteiger partial charge in [0.05, 0.1) is 11.3 Å². The number of piperidine rings is 1. The molecule has 1 N–H and O–H groups in total. The lowest BCUT2D eigenvalue weighted by Gasteiger charge is -2.30. The van der Waals surface area contributed by atoms with Gasteiger partial charge < -0.3 is 5.32 Å². The summed E-state index contributed by atoms with van der Waals surface area (Å²) in [5.41, 5.74) is 0.788. The van der Waals surface area contributed by atoms with Crippen LogP contribution in [0.15, 0.2) is 53.4 Å². The number of anilines is 1. The van der Waals surface area contributed by atoms with Crippen molar-refractivity contribution in [2.45, 2.75) is 31.1 Å². The third-order valence-electron chi connectivity index (χ3n) is 4.70. The van der Waals surface area contributed by atoms with Crippen LogP contribution >= 0.6 is 0 Å². The van der Waals surface area contributed by atoms with Gasteiger partial charge in [-0.1, -0.05) is 25.1 Å². The largest absolute Gasteiger partial charge is 0.326 e. The smallest absolute Gasteiger partial charge is 0.243 e. The Morgan fingerprint density at radius 3 is 2.56 bits per heavy atom. The summed E-state index contributed by atoms with van der Waals surface area (Å²) in [6.45, 7) is 3.12. The number of hydrogen-bond acceptors (Lipinski definition) is 3. The number of sulfonamides is 1. The number of nitrogens with zero attached hydrogens (tertiary/aromatic N) is 1. The lowest BCUT2D eigenvalue weighted by Crippen LogP contribution is -2.39. The zero-order valence-electron chi connectivity index (χ0n) is 15.2. The molecule has 1 atom stereocenters. The van der Waals surface area contributed by atoms with Crippen molar-refractivity contribution in [2.24, 2.45) is 5.92 Å². The summed E-state index contributed by atoms with van der Waals surface area (Å²) in [5, 5.41) is 2.67. The van der Waals surface area contributed by atoms with Crippen molar-refractivity contribution in [3.63, 3.8) is 0 Å². The molecule has 5 nitrogen and oxygen atoms in total. The molecule has 27 heavy (non-hydrogen) atoms. The van der Waals surface area contributed by atoms with Crippen molar-refractivity contribution in [3.05, 3.63) is 59.9 Å². The van der Waals surface area contributed by atoms with Gasteiger partial charge >= 0.3 is 0 Å². The van der Waals surface area contributed by atoms with Crippen molar-refractivity contribution in [1.82, 2.24) is 4.31 Å². The average molecular weight is 390 g/mol. The molecule has 2 aromatic carbocycles. The number of amides is 1. The summed E-state index contributed by atoms with van der Waals surface area (Å²) in [5.74, 6) is -0.434. The van der Waals surface area contributed by atoms with E-state index in [9.17, 15) is 17.6 Å². The summed E-state index contributed by atoms with van der Waals surface area (Å²) >= 11 is 0. The average Bonchev–Trinajstić information content (AvgIpc) is 2.64. The first kappa shape index (κ1) is 19.5. The molecular weight excluding hydrogens is 367 g/mol. The minimum absolute atomic E-state index is 0.0849. The lowest BCUT2D eigenvalue weighted by molar-refractivity contribution is -0.115. The number of hydrogen-bond donors (Lipinski definition) is 1. The van der Waals surface area contributed by atoms with Gasteiger partial charge in [0.1, 0.15) is 5.82 Å². The second-order valence-electron chi connectivity index (χ2n) is 6.95. The molecule has 0 aliphatic carbocycles. The molecule has 0 spiro atoms. The van der Waals surface area contributed by atoms with Crippen molar-refractivity contribution < 1.29 is 17.6 Å². The molecule has 1 saturated heterocycles. The van der Waals surface area contributed by atoms with Crippen LogP contribution in [0.5, 0.6) is 0 Å². The summed E-state index contributed by atoms with van der Waals surface area (Å²) in [7, 11) is -3.52. The first-order valence-corrected chi connectivity index (χ1v) is 10.4. The van der Waals surface area contributed by atoms with Gasteiger partial charge in [0.25, 0.3) is 0 Å². The molecule has 0 saturated carbocycles. The quantitative estimate of drug-likeness (QED) is 0.851. The van der Waals surface area contributed by atoms with E-state index in [-0.39, 0.29) is 17.2 Å². The molecule has 144 valence electrons. The van der Waals surface area contributed by atoms with E-state index in [0.717, 1.165) is 12.8 Å². The Labute approximate surface area is 159 Å². The lowest BCUT2D eigenvalue weighted by atomic mass is 10.0. The van der Waals surface area contributed by atoms with Crippen molar-refractivity contribution in [3.8, 4) is 0 Å². The van der Waals surface area contributed by atoms with E-state index < -0.39 is 15.8 Å². The first-order valence-electron chi connectivity index (χ1n) is 9.00. The van der Waals surface area contributed by atoms with E-state index in [1.54, 1.807) is 30.3 Å². The highest BCUT2D eigenvalue weighted by Crippen LogP contribution is 2.24. The Morgan fingerprint density at radius 1 is 1.19 bits per heavy atom. The third kappa shape index (κ3) is 4.73. The van der Waals surface area contributed by atoms with Crippen molar-refractivity contribution >= 4 is 21.6 Å². The van der Waals surface area contributed by atoms with Gasteiger partial charge in [0.2, 0.25) is 15.9 Å². The van der Waals surface area contributed by atoms with E-state index in [1.807, 2.05) is 0 Å². The van der Waals surface area contributed by atoms with E-state index in [0.29, 0.717) is 30.3 Å². The van der Waals surface area contributed by atoms with Crippen LogP contribution in [0.3, 0.4) is 0 Å². The molecule has 1 fully saturated rings. The number of halogens is 1. The fourth-order valence-corrected chi connectivity index (χ4v) is 4.84. The minimum Gasteiger partial charge on any atom is -0.326 e. The Balaban J connectivity index is 1.66. The molecule has 1 amide bonds. The van der Waals surface area contributed by atoms with Crippen LogP contribution in [0, 0.1) is 11.7 Å². The van der Waals surface area contributed by atoms with Gasteiger partial charge in [-0.15, -0.1) is 0 Å².